The molecule has 5 heteroatoms. The van der Waals surface area contributed by atoms with Crippen molar-refractivity contribution in [1.82, 2.24) is 4.73 Å². The zero-order chi connectivity index (χ0) is 12.0. The van der Waals surface area contributed by atoms with E-state index in [1.165, 1.54) is 18.6 Å². The molecule has 1 heterocycles. The molecule has 3 unspecified atom stereocenters. The highest BCUT2D eigenvalue weighted by molar-refractivity contribution is 5.74. The van der Waals surface area contributed by atoms with Gasteiger partial charge in [0.15, 0.2) is 0 Å². The predicted octanol–water partition coefficient (Wildman–Crippen LogP) is 1.29. The molecule has 0 spiro atoms. The van der Waals surface area contributed by atoms with Crippen molar-refractivity contribution < 1.29 is 19.8 Å². The molecule has 0 radical (unpaired) electrons. The SMILES string of the molecule is O=C(On1c(O)ccc1O)C1CC2CCC1C2. The van der Waals surface area contributed by atoms with Crippen LogP contribution in [0.2, 0.25) is 0 Å². The van der Waals surface area contributed by atoms with E-state index in [1.807, 2.05) is 0 Å². The molecule has 2 N–H and O–H groups in total. The maximum atomic E-state index is 11.9. The Labute approximate surface area is 98.6 Å². The maximum absolute atomic E-state index is 11.9. The molecule has 0 aliphatic heterocycles. The molecule has 0 saturated heterocycles. The summed E-state index contributed by atoms with van der Waals surface area (Å²) in [7, 11) is 0. The molecule has 2 aliphatic carbocycles. The third kappa shape index (κ3) is 1.66. The molecule has 0 aromatic carbocycles. The van der Waals surface area contributed by atoms with Crippen molar-refractivity contribution in [3.05, 3.63) is 12.1 Å². The number of aromatic hydroxyl groups is 2. The molecule has 3 rings (SSSR count). The molecule has 0 amide bonds. The first-order valence-corrected chi connectivity index (χ1v) is 5.97. The van der Waals surface area contributed by atoms with Gasteiger partial charge in [-0.3, -0.25) is 0 Å². The van der Waals surface area contributed by atoms with Crippen LogP contribution in [-0.4, -0.2) is 20.9 Å². The second-order valence-electron chi connectivity index (χ2n) is 5.04. The minimum atomic E-state index is -0.348. The van der Waals surface area contributed by atoms with Gasteiger partial charge in [0.05, 0.1) is 5.92 Å². The van der Waals surface area contributed by atoms with Gasteiger partial charge in [0.25, 0.3) is 0 Å². The fourth-order valence-electron chi connectivity index (χ4n) is 3.19. The summed E-state index contributed by atoms with van der Waals surface area (Å²) in [6, 6.07) is 2.56. The highest BCUT2D eigenvalue weighted by atomic mass is 16.7. The summed E-state index contributed by atoms with van der Waals surface area (Å²) >= 11 is 0. The van der Waals surface area contributed by atoms with Gasteiger partial charge >= 0.3 is 5.97 Å². The Kier molecular flexibility index (Phi) is 2.28. The van der Waals surface area contributed by atoms with Gasteiger partial charge < -0.3 is 15.1 Å². The van der Waals surface area contributed by atoms with E-state index < -0.39 is 0 Å². The van der Waals surface area contributed by atoms with Gasteiger partial charge in [-0.2, -0.15) is 0 Å². The van der Waals surface area contributed by atoms with Crippen LogP contribution in [0.1, 0.15) is 25.7 Å². The van der Waals surface area contributed by atoms with Crippen LogP contribution in [0.3, 0.4) is 0 Å². The number of carbonyl (C=O) groups is 1. The van der Waals surface area contributed by atoms with Crippen molar-refractivity contribution in [2.24, 2.45) is 17.8 Å². The molecule has 17 heavy (non-hydrogen) atoms. The predicted molar refractivity (Wildman–Crippen MR) is 58.3 cm³/mol. The quantitative estimate of drug-likeness (QED) is 0.813. The van der Waals surface area contributed by atoms with Crippen molar-refractivity contribution in [2.45, 2.75) is 25.7 Å². The minimum absolute atomic E-state index is 0.0741. The minimum Gasteiger partial charge on any atom is -0.492 e. The molecular weight excluding hydrogens is 222 g/mol. The number of hydrogen-bond donors (Lipinski definition) is 2. The Morgan fingerprint density at radius 1 is 1.24 bits per heavy atom. The molecule has 1 aromatic rings. The van der Waals surface area contributed by atoms with Crippen LogP contribution >= 0.6 is 0 Å². The van der Waals surface area contributed by atoms with E-state index in [0.717, 1.165) is 24.0 Å². The Hall–Kier alpha value is -1.65. The summed E-state index contributed by atoms with van der Waals surface area (Å²) in [5.74, 6) is 0.128. The van der Waals surface area contributed by atoms with Crippen LogP contribution in [0.25, 0.3) is 0 Å². The first-order valence-electron chi connectivity index (χ1n) is 5.97. The number of fused-ring (bicyclic) bond motifs is 2. The second kappa shape index (κ2) is 3.68. The third-order valence-electron chi connectivity index (χ3n) is 4.02. The van der Waals surface area contributed by atoms with Crippen molar-refractivity contribution in [1.29, 1.82) is 0 Å². The normalized spacial score (nSPS) is 30.7. The van der Waals surface area contributed by atoms with E-state index >= 15 is 0 Å². The van der Waals surface area contributed by atoms with Gasteiger partial charge in [-0.15, -0.1) is 4.73 Å². The Morgan fingerprint density at radius 2 is 1.94 bits per heavy atom. The number of rotatable bonds is 2. The van der Waals surface area contributed by atoms with Crippen LogP contribution < -0.4 is 4.84 Å². The van der Waals surface area contributed by atoms with Gasteiger partial charge in [0, 0.05) is 12.1 Å². The topological polar surface area (TPSA) is 71.7 Å². The first kappa shape index (κ1) is 10.5. The summed E-state index contributed by atoms with van der Waals surface area (Å²) in [4.78, 5) is 17.0. The van der Waals surface area contributed by atoms with E-state index in [1.54, 1.807) is 0 Å². The third-order valence-corrected chi connectivity index (χ3v) is 4.02. The van der Waals surface area contributed by atoms with Crippen LogP contribution in [0.5, 0.6) is 11.8 Å². The van der Waals surface area contributed by atoms with Crippen molar-refractivity contribution in [2.75, 3.05) is 0 Å². The van der Waals surface area contributed by atoms with Crippen molar-refractivity contribution in [3.8, 4) is 11.8 Å². The zero-order valence-corrected chi connectivity index (χ0v) is 9.37. The van der Waals surface area contributed by atoms with Crippen LogP contribution in [-0.2, 0) is 4.79 Å². The van der Waals surface area contributed by atoms with E-state index in [0.29, 0.717) is 11.8 Å². The lowest BCUT2D eigenvalue weighted by molar-refractivity contribution is -0.152. The lowest BCUT2D eigenvalue weighted by atomic mass is 9.89. The van der Waals surface area contributed by atoms with Gasteiger partial charge in [0.1, 0.15) is 0 Å². The molecule has 2 bridgehead atoms. The molecule has 3 atom stereocenters. The molecule has 2 fully saturated rings. The number of carbonyl (C=O) groups excluding carboxylic acids is 1. The van der Waals surface area contributed by atoms with E-state index in [2.05, 4.69) is 0 Å². The number of nitrogens with zero attached hydrogens (tertiary/aromatic N) is 1. The number of aromatic nitrogens is 1. The van der Waals surface area contributed by atoms with Crippen LogP contribution in [0, 0.1) is 17.8 Å². The largest absolute Gasteiger partial charge is 0.492 e. The Morgan fingerprint density at radius 3 is 2.47 bits per heavy atom. The van der Waals surface area contributed by atoms with Gasteiger partial charge in [-0.25, -0.2) is 4.79 Å². The monoisotopic (exact) mass is 237 g/mol. The Bertz CT molecular complexity index is 434. The van der Waals surface area contributed by atoms with Gasteiger partial charge in [0.2, 0.25) is 11.8 Å². The van der Waals surface area contributed by atoms with Crippen LogP contribution in [0.4, 0.5) is 0 Å². The van der Waals surface area contributed by atoms with Crippen molar-refractivity contribution in [3.63, 3.8) is 0 Å². The molecule has 92 valence electrons. The lowest BCUT2D eigenvalue weighted by Crippen LogP contribution is -2.30. The fourth-order valence-corrected chi connectivity index (χ4v) is 3.19. The molecule has 5 nitrogen and oxygen atoms in total. The summed E-state index contributed by atoms with van der Waals surface area (Å²) < 4.78 is 0.772. The first-order chi connectivity index (χ1) is 8.15. The lowest BCUT2D eigenvalue weighted by Gasteiger charge is -2.19. The van der Waals surface area contributed by atoms with Crippen LogP contribution in [0.15, 0.2) is 12.1 Å². The molecule has 1 aromatic heterocycles. The molecular formula is C12H15NO4. The summed E-state index contributed by atoms with van der Waals surface area (Å²) in [6.07, 6.45) is 4.30. The standard InChI is InChI=1S/C12H15NO4/c14-10-3-4-11(15)13(10)17-12(16)9-6-7-1-2-8(9)5-7/h3-4,7-9,14-15H,1-2,5-6H2. The zero-order valence-electron chi connectivity index (χ0n) is 9.37. The summed E-state index contributed by atoms with van der Waals surface area (Å²) in [6.45, 7) is 0. The van der Waals surface area contributed by atoms with E-state index in [4.69, 9.17) is 4.84 Å². The average Bonchev–Trinajstić information content (AvgIpc) is 2.99. The summed E-state index contributed by atoms with van der Waals surface area (Å²) in [5, 5.41) is 18.8. The highest BCUT2D eigenvalue weighted by Gasteiger charge is 2.44. The smallest absolute Gasteiger partial charge is 0.336 e. The highest BCUT2D eigenvalue weighted by Crippen LogP contribution is 2.48. The average molecular weight is 237 g/mol. The second-order valence-corrected chi connectivity index (χ2v) is 5.04. The molecule has 2 saturated carbocycles. The van der Waals surface area contributed by atoms with E-state index in [-0.39, 0.29) is 23.6 Å². The maximum Gasteiger partial charge on any atom is 0.336 e. The van der Waals surface area contributed by atoms with E-state index in [9.17, 15) is 15.0 Å². The molecule has 2 aliphatic rings. The van der Waals surface area contributed by atoms with Gasteiger partial charge in [-0.05, 0) is 31.1 Å². The van der Waals surface area contributed by atoms with Crippen molar-refractivity contribution >= 4 is 5.97 Å². The number of hydrogen-bond acceptors (Lipinski definition) is 4. The fraction of sp³-hybridized carbons (Fsp3) is 0.583. The van der Waals surface area contributed by atoms with Gasteiger partial charge in [-0.1, -0.05) is 6.42 Å². The Balaban J connectivity index is 1.72. The summed E-state index contributed by atoms with van der Waals surface area (Å²) in [5.41, 5.74) is 0.